The lowest BCUT2D eigenvalue weighted by Gasteiger charge is -2.25. The second-order valence-corrected chi connectivity index (χ2v) is 6.84. The first-order valence-corrected chi connectivity index (χ1v) is 9.82. The third-order valence-electron chi connectivity index (χ3n) is 4.65. The van der Waals surface area contributed by atoms with Gasteiger partial charge >= 0.3 is 0 Å². The maximum atomic E-state index is 9.63. The van der Waals surface area contributed by atoms with Gasteiger partial charge < -0.3 is 15.4 Å². The molecule has 0 fully saturated rings. The molecule has 5 nitrogen and oxygen atoms in total. The number of nitrogens with one attached hydrogen (secondary N) is 1. The van der Waals surface area contributed by atoms with Gasteiger partial charge in [0.25, 0.3) is 0 Å². The maximum Gasteiger partial charge on any atom is 0.0676 e. The monoisotopic (exact) mass is 380 g/mol. The fourth-order valence-corrected chi connectivity index (χ4v) is 3.05. The summed E-state index contributed by atoms with van der Waals surface area (Å²) in [5, 5.41) is 19.7. The predicted octanol–water partition coefficient (Wildman–Crippen LogP) is 3.85. The van der Waals surface area contributed by atoms with Gasteiger partial charge in [-0.15, -0.1) is 0 Å². The minimum absolute atomic E-state index is 0.0507. The van der Waals surface area contributed by atoms with E-state index in [1.165, 1.54) is 0 Å². The molecular formula is C23H32N4O. The topological polar surface area (TPSA) is 60.2 Å². The fourth-order valence-electron chi connectivity index (χ4n) is 3.05. The highest BCUT2D eigenvalue weighted by Gasteiger charge is 2.15. The van der Waals surface area contributed by atoms with Crippen LogP contribution in [0.2, 0.25) is 0 Å². The Morgan fingerprint density at radius 1 is 1.36 bits per heavy atom. The van der Waals surface area contributed by atoms with Crippen LogP contribution in [0.15, 0.2) is 70.9 Å². The summed E-state index contributed by atoms with van der Waals surface area (Å²) in [5.41, 5.74) is 4.09. The van der Waals surface area contributed by atoms with Gasteiger partial charge in [-0.05, 0) is 29.8 Å². The Bertz CT molecular complexity index is 764. The Hall–Kier alpha value is -2.50. The van der Waals surface area contributed by atoms with Crippen LogP contribution >= 0.6 is 0 Å². The van der Waals surface area contributed by atoms with E-state index in [9.17, 15) is 5.11 Å². The summed E-state index contributed by atoms with van der Waals surface area (Å²) >= 11 is 0. The number of aliphatic hydroxyl groups is 1. The van der Waals surface area contributed by atoms with Gasteiger partial charge in [0, 0.05) is 25.6 Å². The highest BCUT2D eigenvalue weighted by atomic mass is 16.3. The summed E-state index contributed by atoms with van der Waals surface area (Å²) in [6, 6.07) is 8.22. The van der Waals surface area contributed by atoms with Crippen molar-refractivity contribution in [2.24, 2.45) is 16.0 Å². The summed E-state index contributed by atoms with van der Waals surface area (Å²) in [4.78, 5) is 3.99. The number of hydrazone groups is 1. The zero-order valence-corrected chi connectivity index (χ0v) is 17.2. The molecule has 2 rings (SSSR count). The Balaban J connectivity index is 2.12. The van der Waals surface area contributed by atoms with Crippen LogP contribution in [0, 0.1) is 5.92 Å². The quantitative estimate of drug-likeness (QED) is 0.479. The van der Waals surface area contributed by atoms with Crippen molar-refractivity contribution < 1.29 is 5.11 Å². The first kappa shape index (κ1) is 21.8. The molecule has 1 aliphatic rings. The molecular weight excluding hydrogens is 348 g/mol. The lowest BCUT2D eigenvalue weighted by Crippen LogP contribution is -2.25. The fraction of sp³-hybridized carbons (Fsp3) is 0.391. The molecule has 0 spiro atoms. The van der Waals surface area contributed by atoms with E-state index in [2.05, 4.69) is 48.1 Å². The van der Waals surface area contributed by atoms with Crippen molar-refractivity contribution in [3.63, 3.8) is 0 Å². The van der Waals surface area contributed by atoms with Gasteiger partial charge in [0.05, 0.1) is 30.6 Å². The number of hydrogen-bond acceptors (Lipinski definition) is 5. The van der Waals surface area contributed by atoms with Crippen molar-refractivity contribution in [1.29, 1.82) is 0 Å². The number of aliphatic imine (C=N–C) groups is 1. The molecule has 28 heavy (non-hydrogen) atoms. The van der Waals surface area contributed by atoms with Gasteiger partial charge in [-0.25, -0.2) is 0 Å². The van der Waals surface area contributed by atoms with E-state index >= 15 is 0 Å². The van der Waals surface area contributed by atoms with E-state index in [0.29, 0.717) is 6.54 Å². The summed E-state index contributed by atoms with van der Waals surface area (Å²) in [6.45, 7) is 9.82. The molecule has 1 unspecified atom stereocenters. The highest BCUT2D eigenvalue weighted by molar-refractivity contribution is 5.98. The van der Waals surface area contributed by atoms with Gasteiger partial charge in [0.1, 0.15) is 0 Å². The Morgan fingerprint density at radius 3 is 2.89 bits per heavy atom. The zero-order valence-electron chi connectivity index (χ0n) is 17.2. The molecule has 2 atom stereocenters. The third-order valence-corrected chi connectivity index (χ3v) is 4.65. The van der Waals surface area contributed by atoms with E-state index in [4.69, 9.17) is 5.10 Å². The molecule has 1 aliphatic heterocycles. The van der Waals surface area contributed by atoms with Gasteiger partial charge in [-0.3, -0.25) is 5.01 Å². The molecule has 2 N–H and O–H groups in total. The molecule has 1 aromatic rings. The molecule has 0 saturated heterocycles. The summed E-state index contributed by atoms with van der Waals surface area (Å²) in [5.74, 6) is 0.218. The van der Waals surface area contributed by atoms with Crippen molar-refractivity contribution in [3.8, 4) is 0 Å². The predicted molar refractivity (Wildman–Crippen MR) is 119 cm³/mol. The van der Waals surface area contributed by atoms with Crippen molar-refractivity contribution in [2.45, 2.75) is 32.9 Å². The first-order chi connectivity index (χ1) is 13.6. The summed E-state index contributed by atoms with van der Waals surface area (Å²) in [7, 11) is 1.78. The summed E-state index contributed by atoms with van der Waals surface area (Å²) < 4.78 is 0. The van der Waals surface area contributed by atoms with Crippen molar-refractivity contribution in [3.05, 3.63) is 72.0 Å². The minimum atomic E-state index is -0.0507. The van der Waals surface area contributed by atoms with Crippen LogP contribution in [0.3, 0.4) is 0 Å². The lowest BCUT2D eigenvalue weighted by molar-refractivity contribution is 0.246. The Morgan fingerprint density at radius 2 is 2.18 bits per heavy atom. The van der Waals surface area contributed by atoms with E-state index in [1.54, 1.807) is 7.05 Å². The van der Waals surface area contributed by atoms with Crippen molar-refractivity contribution >= 4 is 11.9 Å². The summed E-state index contributed by atoms with van der Waals surface area (Å²) in [6.07, 6.45) is 11.0. The number of nitrogens with zero attached hydrogens (tertiary/aromatic N) is 3. The van der Waals surface area contributed by atoms with Gasteiger partial charge in [-0.2, -0.15) is 5.10 Å². The average Bonchev–Trinajstić information content (AvgIpc) is 2.71. The second-order valence-electron chi connectivity index (χ2n) is 6.84. The van der Waals surface area contributed by atoms with E-state index in [0.717, 1.165) is 35.5 Å². The van der Waals surface area contributed by atoms with Crippen LogP contribution in [0.25, 0.3) is 0 Å². The number of rotatable bonds is 10. The maximum absolute atomic E-state index is 9.63. The number of likely N-dealkylation sites (N-methyl/N-ethyl adjacent to an activating group) is 1. The molecule has 5 heteroatoms. The number of benzene rings is 1. The Labute approximate surface area is 168 Å². The van der Waals surface area contributed by atoms with Crippen LogP contribution < -0.4 is 5.32 Å². The smallest absolute Gasteiger partial charge is 0.0676 e. The number of hydrogen-bond donors (Lipinski definition) is 2. The molecule has 0 amide bonds. The molecule has 150 valence electrons. The molecule has 0 aliphatic carbocycles. The third kappa shape index (κ3) is 6.29. The van der Waals surface area contributed by atoms with Crippen LogP contribution in [0.4, 0.5) is 0 Å². The molecule has 1 aromatic carbocycles. The molecule has 0 bridgehead atoms. The molecule has 0 saturated carbocycles. The normalized spacial score (nSPS) is 16.8. The zero-order chi connectivity index (χ0) is 20.4. The Kier molecular flexibility index (Phi) is 8.85. The molecule has 1 heterocycles. The van der Waals surface area contributed by atoms with Gasteiger partial charge in [0.2, 0.25) is 0 Å². The van der Waals surface area contributed by atoms with Gasteiger partial charge in [0.15, 0.2) is 0 Å². The minimum Gasteiger partial charge on any atom is -0.394 e. The lowest BCUT2D eigenvalue weighted by atomic mass is 10.0. The van der Waals surface area contributed by atoms with Gasteiger partial charge in [-0.1, -0.05) is 56.8 Å². The average molecular weight is 381 g/mol. The van der Waals surface area contributed by atoms with Crippen molar-refractivity contribution in [1.82, 2.24) is 10.3 Å². The number of aliphatic hydroxyl groups excluding tert-OH is 1. The standard InChI is InChI=1S/C23H32N4O/c1-5-25-23(17-28)21-11-8-10-20(15-21)16-27-19(3)12-13-22(26-27)18(2)9-6-7-14-24-4/h6,8-15,18,23,25,28H,3,5,7,16-17H2,1-2,4H3/b9-6-,24-14-/t18-,23?/m0/s1. The first-order valence-electron chi connectivity index (χ1n) is 9.82. The number of allylic oxidation sites excluding steroid dienone is 4. The van der Waals surface area contributed by atoms with Crippen LogP contribution in [-0.2, 0) is 6.54 Å². The SMILES string of the molecule is C=C1C=CC([C@@H](C)/C=C\C/C=N\C)=NN1Cc1cccc(C(CO)NCC)c1. The van der Waals surface area contributed by atoms with E-state index in [1.807, 2.05) is 42.4 Å². The van der Waals surface area contributed by atoms with Crippen LogP contribution in [0.1, 0.15) is 37.4 Å². The van der Waals surface area contributed by atoms with Crippen LogP contribution in [0.5, 0.6) is 0 Å². The van der Waals surface area contributed by atoms with E-state index < -0.39 is 0 Å². The second kappa shape index (κ2) is 11.4. The molecule has 0 aromatic heterocycles. The molecule has 0 radical (unpaired) electrons. The van der Waals surface area contributed by atoms with Crippen LogP contribution in [-0.4, -0.2) is 42.2 Å². The largest absolute Gasteiger partial charge is 0.394 e. The van der Waals surface area contributed by atoms with E-state index in [-0.39, 0.29) is 18.6 Å². The highest BCUT2D eigenvalue weighted by Crippen LogP contribution is 2.21. The van der Waals surface area contributed by atoms with Crippen molar-refractivity contribution in [2.75, 3.05) is 20.2 Å².